The Hall–Kier alpha value is -2.29. The summed E-state index contributed by atoms with van der Waals surface area (Å²) in [5, 5.41) is 9.82. The number of nitrogens with one attached hydrogen (secondary N) is 2. The zero-order chi connectivity index (χ0) is 18.1. The Balaban J connectivity index is 0.00000210. The summed E-state index contributed by atoms with van der Waals surface area (Å²) in [6.07, 6.45) is 0.808. The van der Waals surface area contributed by atoms with Gasteiger partial charge < -0.3 is 9.84 Å². The highest BCUT2D eigenvalue weighted by Crippen LogP contribution is 2.24. The standard InChI is InChI=1S/C18H21N5O3.ClH/c1-23-7-6-19-10-14(23)16-21-18(26-22-16)12-4-2-11(3-5-12)8-13-9-15(24)20-17(13)25;/h2-5,13-14,19H,6-10H2,1H3,(H,20,24,25);1H. The molecule has 2 amide bonds. The van der Waals surface area contributed by atoms with Crippen molar-refractivity contribution >= 4 is 24.2 Å². The summed E-state index contributed by atoms with van der Waals surface area (Å²) < 4.78 is 5.43. The van der Waals surface area contributed by atoms with Crippen LogP contribution in [0.25, 0.3) is 11.5 Å². The van der Waals surface area contributed by atoms with Gasteiger partial charge in [0.25, 0.3) is 5.89 Å². The van der Waals surface area contributed by atoms with Crippen molar-refractivity contribution in [3.8, 4) is 11.5 Å². The molecule has 4 rings (SSSR count). The second-order valence-electron chi connectivity index (χ2n) is 6.87. The predicted octanol–water partition coefficient (Wildman–Crippen LogP) is 0.940. The maximum Gasteiger partial charge on any atom is 0.257 e. The Morgan fingerprint density at radius 1 is 1.26 bits per heavy atom. The molecule has 1 aromatic heterocycles. The molecule has 144 valence electrons. The topological polar surface area (TPSA) is 100 Å². The van der Waals surface area contributed by atoms with Crippen LogP contribution in [-0.2, 0) is 16.0 Å². The average molecular weight is 392 g/mol. The highest BCUT2D eigenvalue weighted by Gasteiger charge is 2.30. The minimum atomic E-state index is -0.280. The van der Waals surface area contributed by atoms with Crippen molar-refractivity contribution in [3.05, 3.63) is 35.7 Å². The van der Waals surface area contributed by atoms with Gasteiger partial charge in [-0.25, -0.2) is 0 Å². The van der Waals surface area contributed by atoms with E-state index in [1.54, 1.807) is 0 Å². The molecule has 0 radical (unpaired) electrons. The number of rotatable bonds is 4. The quantitative estimate of drug-likeness (QED) is 0.748. The highest BCUT2D eigenvalue weighted by atomic mass is 35.5. The Morgan fingerprint density at radius 3 is 2.70 bits per heavy atom. The number of likely N-dealkylation sites (N-methyl/N-ethyl adjacent to an activating group) is 1. The lowest BCUT2D eigenvalue weighted by atomic mass is 9.97. The first kappa shape index (κ1) is 19.5. The number of hydrogen-bond acceptors (Lipinski definition) is 7. The Kier molecular flexibility index (Phi) is 5.88. The van der Waals surface area contributed by atoms with Crippen LogP contribution in [0.15, 0.2) is 28.8 Å². The average Bonchev–Trinajstić information content (AvgIpc) is 3.23. The third-order valence-electron chi connectivity index (χ3n) is 5.00. The smallest absolute Gasteiger partial charge is 0.257 e. The van der Waals surface area contributed by atoms with Gasteiger partial charge in [0.2, 0.25) is 11.8 Å². The van der Waals surface area contributed by atoms with Crippen LogP contribution >= 0.6 is 12.4 Å². The van der Waals surface area contributed by atoms with Gasteiger partial charge in [-0.05, 0) is 31.2 Å². The number of aromatic nitrogens is 2. The van der Waals surface area contributed by atoms with Crippen molar-refractivity contribution in [2.45, 2.75) is 18.9 Å². The number of halogens is 1. The van der Waals surface area contributed by atoms with E-state index in [-0.39, 0.29) is 42.6 Å². The van der Waals surface area contributed by atoms with Gasteiger partial charge in [0.1, 0.15) is 0 Å². The first-order chi connectivity index (χ1) is 12.6. The minimum absolute atomic E-state index is 0. The van der Waals surface area contributed by atoms with Gasteiger partial charge in [0, 0.05) is 31.6 Å². The van der Waals surface area contributed by atoms with Crippen molar-refractivity contribution in [2.75, 3.05) is 26.7 Å². The summed E-state index contributed by atoms with van der Waals surface area (Å²) >= 11 is 0. The van der Waals surface area contributed by atoms with E-state index < -0.39 is 0 Å². The van der Waals surface area contributed by atoms with Gasteiger partial charge >= 0.3 is 0 Å². The first-order valence-corrected chi connectivity index (χ1v) is 8.78. The molecule has 2 N–H and O–H groups in total. The fourth-order valence-electron chi connectivity index (χ4n) is 3.42. The van der Waals surface area contributed by atoms with Gasteiger partial charge in [-0.3, -0.25) is 19.8 Å². The number of carbonyl (C=O) groups is 2. The van der Waals surface area contributed by atoms with Crippen LogP contribution in [0.5, 0.6) is 0 Å². The second kappa shape index (κ2) is 8.16. The third kappa shape index (κ3) is 4.18. The van der Waals surface area contributed by atoms with Crippen LogP contribution in [0.4, 0.5) is 0 Å². The number of hydrogen-bond donors (Lipinski definition) is 2. The van der Waals surface area contributed by atoms with Crippen LogP contribution < -0.4 is 10.6 Å². The number of carbonyl (C=O) groups excluding carboxylic acids is 2. The van der Waals surface area contributed by atoms with Crippen LogP contribution in [0, 0.1) is 5.92 Å². The van der Waals surface area contributed by atoms with Crippen LogP contribution in [0.3, 0.4) is 0 Å². The fraction of sp³-hybridized carbons (Fsp3) is 0.444. The molecule has 2 atom stereocenters. The van der Waals surface area contributed by atoms with Crippen molar-refractivity contribution in [2.24, 2.45) is 5.92 Å². The zero-order valence-corrected chi connectivity index (χ0v) is 15.8. The molecular weight excluding hydrogens is 370 g/mol. The zero-order valence-electron chi connectivity index (χ0n) is 15.0. The highest BCUT2D eigenvalue weighted by molar-refractivity contribution is 6.03. The number of piperazine rings is 1. The van der Waals surface area contributed by atoms with Crippen molar-refractivity contribution in [1.29, 1.82) is 0 Å². The Bertz CT molecular complexity index is 823. The largest absolute Gasteiger partial charge is 0.334 e. The van der Waals surface area contributed by atoms with E-state index in [4.69, 9.17) is 4.52 Å². The fourth-order valence-corrected chi connectivity index (χ4v) is 3.42. The first-order valence-electron chi connectivity index (χ1n) is 8.78. The van der Waals surface area contributed by atoms with E-state index in [9.17, 15) is 9.59 Å². The van der Waals surface area contributed by atoms with Crippen molar-refractivity contribution in [3.63, 3.8) is 0 Å². The van der Waals surface area contributed by atoms with Crippen LogP contribution in [0.1, 0.15) is 23.9 Å². The van der Waals surface area contributed by atoms with Gasteiger partial charge in [0.05, 0.1) is 12.0 Å². The molecule has 0 saturated carbocycles. The van der Waals surface area contributed by atoms with Gasteiger partial charge in [0.15, 0.2) is 5.82 Å². The summed E-state index contributed by atoms with van der Waals surface area (Å²) in [6, 6.07) is 7.79. The van der Waals surface area contributed by atoms with E-state index in [0.717, 1.165) is 30.8 Å². The molecule has 2 unspecified atom stereocenters. The molecule has 2 saturated heterocycles. The normalized spacial score (nSPS) is 23.1. The molecule has 0 spiro atoms. The second-order valence-corrected chi connectivity index (χ2v) is 6.87. The molecule has 2 aliphatic heterocycles. The molecule has 27 heavy (non-hydrogen) atoms. The summed E-state index contributed by atoms with van der Waals surface area (Å²) in [7, 11) is 2.06. The van der Waals surface area contributed by atoms with Crippen molar-refractivity contribution < 1.29 is 14.1 Å². The van der Waals surface area contributed by atoms with Gasteiger partial charge in [-0.2, -0.15) is 4.98 Å². The summed E-state index contributed by atoms with van der Waals surface area (Å²) in [5.74, 6) is 0.500. The van der Waals surface area contributed by atoms with E-state index >= 15 is 0 Å². The van der Waals surface area contributed by atoms with Crippen molar-refractivity contribution in [1.82, 2.24) is 25.7 Å². The Labute approximate surface area is 163 Å². The summed E-state index contributed by atoms with van der Waals surface area (Å²) in [5.41, 5.74) is 1.84. The molecule has 0 aliphatic carbocycles. The molecule has 2 fully saturated rings. The SMILES string of the molecule is CN1CCNCC1c1noc(-c2ccc(CC3CC(=O)NC3=O)cc2)n1.Cl. The van der Waals surface area contributed by atoms with Gasteiger partial charge in [-0.1, -0.05) is 17.3 Å². The lowest BCUT2D eigenvalue weighted by Gasteiger charge is -2.30. The number of nitrogens with zero attached hydrogens (tertiary/aromatic N) is 3. The maximum absolute atomic E-state index is 11.7. The summed E-state index contributed by atoms with van der Waals surface area (Å²) in [4.78, 5) is 29.7. The molecular formula is C18H22ClN5O3. The van der Waals surface area contributed by atoms with E-state index in [1.165, 1.54) is 0 Å². The lowest BCUT2D eigenvalue weighted by Crippen LogP contribution is -2.44. The summed E-state index contributed by atoms with van der Waals surface area (Å²) in [6.45, 7) is 2.71. The van der Waals surface area contributed by atoms with E-state index in [0.29, 0.717) is 18.1 Å². The molecule has 9 heteroatoms. The molecule has 0 bridgehead atoms. The molecule has 1 aromatic carbocycles. The molecule has 3 heterocycles. The Morgan fingerprint density at radius 2 is 2.04 bits per heavy atom. The predicted molar refractivity (Wildman–Crippen MR) is 100 cm³/mol. The van der Waals surface area contributed by atoms with Crippen LogP contribution in [0.2, 0.25) is 0 Å². The molecule has 2 aliphatic rings. The number of imide groups is 1. The number of amides is 2. The van der Waals surface area contributed by atoms with E-state index in [2.05, 4.69) is 32.7 Å². The maximum atomic E-state index is 11.7. The lowest BCUT2D eigenvalue weighted by molar-refractivity contribution is -0.125. The van der Waals surface area contributed by atoms with Gasteiger partial charge in [-0.15, -0.1) is 12.4 Å². The number of benzene rings is 1. The van der Waals surface area contributed by atoms with E-state index in [1.807, 2.05) is 24.3 Å². The minimum Gasteiger partial charge on any atom is -0.334 e. The third-order valence-corrected chi connectivity index (χ3v) is 5.00. The monoisotopic (exact) mass is 391 g/mol. The molecule has 8 nitrogen and oxygen atoms in total. The molecule has 2 aromatic rings. The van der Waals surface area contributed by atoms with Crippen LogP contribution in [-0.4, -0.2) is 53.5 Å².